The Morgan fingerprint density at radius 1 is 1.22 bits per heavy atom. The van der Waals surface area contributed by atoms with E-state index in [1.165, 1.54) is 11.8 Å². The van der Waals surface area contributed by atoms with Gasteiger partial charge in [0.2, 0.25) is 0 Å². The SMILES string of the molecule is O=C(NCc1ccc(O)cc1)NC1=NC(c2ccncc2)CS1. The van der Waals surface area contributed by atoms with Gasteiger partial charge in [-0.2, -0.15) is 0 Å². The van der Waals surface area contributed by atoms with Crippen LogP contribution >= 0.6 is 11.8 Å². The van der Waals surface area contributed by atoms with Gasteiger partial charge in [0.25, 0.3) is 0 Å². The summed E-state index contributed by atoms with van der Waals surface area (Å²) in [5.74, 6) is 1.01. The largest absolute Gasteiger partial charge is 0.508 e. The van der Waals surface area contributed by atoms with Gasteiger partial charge >= 0.3 is 6.03 Å². The monoisotopic (exact) mass is 328 g/mol. The lowest BCUT2D eigenvalue weighted by Gasteiger charge is -2.07. The number of carbonyl (C=O) groups excluding carboxylic acids is 1. The molecule has 0 bridgehead atoms. The zero-order chi connectivity index (χ0) is 16.1. The van der Waals surface area contributed by atoms with Gasteiger partial charge in [-0.25, -0.2) is 4.79 Å². The van der Waals surface area contributed by atoms with Crippen molar-refractivity contribution in [3.05, 3.63) is 59.9 Å². The molecule has 0 radical (unpaired) electrons. The molecule has 3 N–H and O–H groups in total. The zero-order valence-corrected chi connectivity index (χ0v) is 13.1. The van der Waals surface area contributed by atoms with Gasteiger partial charge in [0.1, 0.15) is 5.75 Å². The molecule has 1 aliphatic rings. The minimum Gasteiger partial charge on any atom is -0.508 e. The first kappa shape index (κ1) is 15.4. The molecule has 3 rings (SSSR count). The maximum atomic E-state index is 11.9. The van der Waals surface area contributed by atoms with Gasteiger partial charge in [0.15, 0.2) is 5.17 Å². The summed E-state index contributed by atoms with van der Waals surface area (Å²) in [7, 11) is 0. The average Bonchev–Trinajstić information content (AvgIpc) is 3.04. The minimum atomic E-state index is -0.292. The first-order valence-corrected chi connectivity index (χ1v) is 8.12. The van der Waals surface area contributed by atoms with Crippen LogP contribution in [0, 0.1) is 0 Å². The van der Waals surface area contributed by atoms with Crippen molar-refractivity contribution in [1.82, 2.24) is 15.6 Å². The summed E-state index contributed by atoms with van der Waals surface area (Å²) in [6, 6.07) is 10.3. The predicted molar refractivity (Wildman–Crippen MR) is 90.3 cm³/mol. The summed E-state index contributed by atoms with van der Waals surface area (Å²) in [6.07, 6.45) is 3.48. The van der Waals surface area contributed by atoms with Gasteiger partial charge in [-0.3, -0.25) is 15.3 Å². The van der Waals surface area contributed by atoms with Crippen molar-refractivity contribution in [2.75, 3.05) is 5.75 Å². The fourth-order valence-electron chi connectivity index (χ4n) is 2.14. The summed E-state index contributed by atoms with van der Waals surface area (Å²) >= 11 is 1.52. The molecule has 1 aromatic heterocycles. The molecular formula is C16H16N4O2S. The number of aromatic nitrogens is 1. The molecule has 6 nitrogen and oxygen atoms in total. The molecule has 0 fully saturated rings. The quantitative estimate of drug-likeness (QED) is 0.807. The number of amidine groups is 1. The number of urea groups is 1. The van der Waals surface area contributed by atoms with Gasteiger partial charge in [-0.1, -0.05) is 23.9 Å². The van der Waals surface area contributed by atoms with Crippen LogP contribution in [-0.2, 0) is 6.54 Å². The maximum absolute atomic E-state index is 11.9. The molecule has 1 aliphatic heterocycles. The van der Waals surface area contributed by atoms with Crippen molar-refractivity contribution in [3.63, 3.8) is 0 Å². The number of aliphatic imine (C=N–C) groups is 1. The molecule has 0 saturated carbocycles. The van der Waals surface area contributed by atoms with Crippen LogP contribution < -0.4 is 10.6 Å². The van der Waals surface area contributed by atoms with Crippen LogP contribution in [0.2, 0.25) is 0 Å². The fourth-order valence-corrected chi connectivity index (χ4v) is 3.09. The Kier molecular flexibility index (Phi) is 4.77. The second-order valence-corrected chi connectivity index (χ2v) is 6.02. The second kappa shape index (κ2) is 7.15. The lowest BCUT2D eigenvalue weighted by Crippen LogP contribution is -2.37. The van der Waals surface area contributed by atoms with Crippen LogP contribution in [0.1, 0.15) is 17.2 Å². The van der Waals surface area contributed by atoms with E-state index in [1.807, 2.05) is 12.1 Å². The topological polar surface area (TPSA) is 86.6 Å². The van der Waals surface area contributed by atoms with E-state index in [0.717, 1.165) is 16.9 Å². The number of nitrogens with zero attached hydrogens (tertiary/aromatic N) is 2. The van der Waals surface area contributed by atoms with Crippen LogP contribution in [0.25, 0.3) is 0 Å². The Labute approximate surface area is 138 Å². The van der Waals surface area contributed by atoms with Gasteiger partial charge in [-0.15, -0.1) is 0 Å². The molecule has 2 heterocycles. The summed E-state index contributed by atoms with van der Waals surface area (Å²) in [5, 5.41) is 15.4. The zero-order valence-electron chi connectivity index (χ0n) is 12.3. The molecule has 23 heavy (non-hydrogen) atoms. The Morgan fingerprint density at radius 3 is 2.70 bits per heavy atom. The van der Waals surface area contributed by atoms with Crippen molar-refractivity contribution in [1.29, 1.82) is 0 Å². The third-order valence-corrected chi connectivity index (χ3v) is 4.32. The third kappa shape index (κ3) is 4.23. The van der Waals surface area contributed by atoms with Crippen molar-refractivity contribution >= 4 is 23.0 Å². The maximum Gasteiger partial charge on any atom is 0.321 e. The number of nitrogens with one attached hydrogen (secondary N) is 2. The summed E-state index contributed by atoms with van der Waals surface area (Å²) in [5.41, 5.74) is 2.00. The highest BCUT2D eigenvalue weighted by atomic mass is 32.2. The van der Waals surface area contributed by atoms with Gasteiger partial charge < -0.3 is 10.4 Å². The normalized spacial score (nSPS) is 16.7. The molecule has 0 saturated heterocycles. The van der Waals surface area contributed by atoms with Gasteiger partial charge in [-0.05, 0) is 35.4 Å². The Bertz CT molecular complexity index is 704. The van der Waals surface area contributed by atoms with Crippen LogP contribution in [0.5, 0.6) is 5.75 Å². The number of benzene rings is 1. The van der Waals surface area contributed by atoms with E-state index in [9.17, 15) is 9.90 Å². The highest BCUT2D eigenvalue weighted by Crippen LogP contribution is 2.28. The number of hydrogen-bond acceptors (Lipinski definition) is 5. The van der Waals surface area contributed by atoms with E-state index < -0.39 is 0 Å². The standard InChI is InChI=1S/C16H16N4O2S/c21-13-3-1-11(2-4-13)9-18-15(22)20-16-19-14(10-23-16)12-5-7-17-8-6-12/h1-8,14,21H,9-10H2,(H2,18,19,20,22). The number of phenols is 1. The number of phenolic OH excluding ortho intramolecular Hbond substituents is 1. The first-order chi connectivity index (χ1) is 11.2. The first-order valence-electron chi connectivity index (χ1n) is 7.14. The minimum absolute atomic E-state index is 0.0513. The van der Waals surface area contributed by atoms with Crippen molar-refractivity contribution < 1.29 is 9.90 Å². The number of carbonyl (C=O) groups is 1. The summed E-state index contributed by atoms with van der Waals surface area (Å²) < 4.78 is 0. The van der Waals surface area contributed by atoms with E-state index in [-0.39, 0.29) is 17.8 Å². The highest BCUT2D eigenvalue weighted by molar-refractivity contribution is 8.14. The van der Waals surface area contributed by atoms with Crippen LogP contribution in [0.3, 0.4) is 0 Å². The van der Waals surface area contributed by atoms with E-state index in [1.54, 1.807) is 36.7 Å². The molecule has 118 valence electrons. The number of hydrogen-bond donors (Lipinski definition) is 3. The number of pyridine rings is 1. The predicted octanol–water partition coefficient (Wildman–Crippen LogP) is 2.43. The van der Waals surface area contributed by atoms with E-state index in [2.05, 4.69) is 20.6 Å². The van der Waals surface area contributed by atoms with Crippen molar-refractivity contribution in [2.24, 2.45) is 4.99 Å². The van der Waals surface area contributed by atoms with Crippen molar-refractivity contribution in [3.8, 4) is 5.75 Å². The Morgan fingerprint density at radius 2 is 1.96 bits per heavy atom. The van der Waals surface area contributed by atoms with Crippen molar-refractivity contribution in [2.45, 2.75) is 12.6 Å². The van der Waals surface area contributed by atoms with Gasteiger partial charge in [0, 0.05) is 24.7 Å². The third-order valence-electron chi connectivity index (χ3n) is 3.35. The number of amides is 2. The number of rotatable bonds is 3. The van der Waals surface area contributed by atoms with Gasteiger partial charge in [0.05, 0.1) is 6.04 Å². The average molecular weight is 328 g/mol. The molecule has 7 heteroatoms. The smallest absolute Gasteiger partial charge is 0.321 e. The number of aromatic hydroxyl groups is 1. The van der Waals surface area contributed by atoms with E-state index in [0.29, 0.717) is 11.7 Å². The molecule has 1 atom stereocenters. The van der Waals surface area contributed by atoms with E-state index in [4.69, 9.17) is 0 Å². The Balaban J connectivity index is 1.51. The molecule has 1 unspecified atom stereocenters. The fraction of sp³-hybridized carbons (Fsp3) is 0.188. The van der Waals surface area contributed by atoms with Crippen LogP contribution in [-0.4, -0.2) is 27.0 Å². The second-order valence-electron chi connectivity index (χ2n) is 5.02. The number of thioether (sulfide) groups is 1. The summed E-state index contributed by atoms with van der Waals surface area (Å²) in [4.78, 5) is 20.4. The molecular weight excluding hydrogens is 312 g/mol. The lowest BCUT2D eigenvalue weighted by atomic mass is 10.1. The van der Waals surface area contributed by atoms with Crippen LogP contribution in [0.15, 0.2) is 53.8 Å². The molecule has 0 spiro atoms. The molecule has 1 aromatic carbocycles. The Hall–Kier alpha value is -2.54. The van der Waals surface area contributed by atoms with E-state index >= 15 is 0 Å². The molecule has 0 aliphatic carbocycles. The summed E-state index contributed by atoms with van der Waals surface area (Å²) in [6.45, 7) is 0.387. The lowest BCUT2D eigenvalue weighted by molar-refractivity contribution is 0.245. The molecule has 2 amide bonds. The van der Waals surface area contributed by atoms with Crippen LogP contribution in [0.4, 0.5) is 4.79 Å². The highest BCUT2D eigenvalue weighted by Gasteiger charge is 2.21. The molecule has 2 aromatic rings.